The van der Waals surface area contributed by atoms with E-state index in [1.54, 1.807) is 0 Å². The van der Waals surface area contributed by atoms with Gasteiger partial charge in [0.1, 0.15) is 0 Å². The molecule has 0 saturated heterocycles. The molecular formula is C10H20N2O. The van der Waals surface area contributed by atoms with E-state index in [2.05, 4.69) is 23.7 Å². The zero-order valence-electron chi connectivity index (χ0n) is 8.84. The molecule has 0 heterocycles. The Bertz CT molecular complexity index is 166. The molecule has 0 aromatic carbocycles. The van der Waals surface area contributed by atoms with E-state index in [1.807, 2.05) is 14.1 Å². The van der Waals surface area contributed by atoms with Gasteiger partial charge in [-0.25, -0.2) is 0 Å². The lowest BCUT2D eigenvalue weighted by Gasteiger charge is -2.21. The van der Waals surface area contributed by atoms with Crippen LogP contribution < -0.4 is 5.32 Å². The van der Waals surface area contributed by atoms with Crippen LogP contribution in [0.3, 0.4) is 0 Å². The van der Waals surface area contributed by atoms with Gasteiger partial charge < -0.3 is 10.2 Å². The number of rotatable bonds is 6. The van der Waals surface area contributed by atoms with Crippen molar-refractivity contribution in [3.05, 3.63) is 12.7 Å². The first kappa shape index (κ1) is 12.2. The van der Waals surface area contributed by atoms with Crippen molar-refractivity contribution in [2.24, 2.45) is 0 Å². The highest BCUT2D eigenvalue weighted by Crippen LogP contribution is 1.97. The molecule has 1 atom stereocenters. The van der Waals surface area contributed by atoms with Crippen molar-refractivity contribution in [1.29, 1.82) is 0 Å². The normalized spacial score (nSPS) is 12.6. The highest BCUT2D eigenvalue weighted by Gasteiger charge is 2.09. The molecule has 0 saturated carbocycles. The first-order valence-electron chi connectivity index (χ1n) is 4.67. The van der Waals surface area contributed by atoms with Gasteiger partial charge in [0, 0.05) is 12.6 Å². The fourth-order valence-electron chi connectivity index (χ4n) is 1.26. The van der Waals surface area contributed by atoms with Crippen molar-refractivity contribution < 1.29 is 4.79 Å². The molecule has 0 aromatic heterocycles. The summed E-state index contributed by atoms with van der Waals surface area (Å²) in [4.78, 5) is 13.1. The van der Waals surface area contributed by atoms with E-state index in [9.17, 15) is 4.79 Å². The van der Waals surface area contributed by atoms with Gasteiger partial charge in [0.05, 0.1) is 0 Å². The Labute approximate surface area is 80.8 Å². The lowest BCUT2D eigenvalue weighted by Crippen LogP contribution is -2.40. The lowest BCUT2D eigenvalue weighted by atomic mass is 10.1. The van der Waals surface area contributed by atoms with Crippen molar-refractivity contribution in [1.82, 2.24) is 10.2 Å². The maximum atomic E-state index is 11.0. The summed E-state index contributed by atoms with van der Waals surface area (Å²) >= 11 is 0. The van der Waals surface area contributed by atoms with E-state index < -0.39 is 0 Å². The first-order chi connectivity index (χ1) is 6.10. The quantitative estimate of drug-likeness (QED) is 0.625. The maximum absolute atomic E-state index is 11.0. The molecular weight excluding hydrogens is 164 g/mol. The number of hydrogen-bond acceptors (Lipinski definition) is 2. The van der Waals surface area contributed by atoms with Gasteiger partial charge >= 0.3 is 0 Å². The average molecular weight is 184 g/mol. The second kappa shape index (κ2) is 6.66. The molecule has 3 heteroatoms. The van der Waals surface area contributed by atoms with Gasteiger partial charge in [-0.05, 0) is 26.6 Å². The summed E-state index contributed by atoms with van der Waals surface area (Å²) in [7, 11) is 4.01. The first-order valence-corrected chi connectivity index (χ1v) is 4.67. The molecule has 0 spiro atoms. The van der Waals surface area contributed by atoms with Gasteiger partial charge in [0.2, 0.25) is 5.91 Å². The van der Waals surface area contributed by atoms with Crippen LogP contribution in [0.5, 0.6) is 0 Å². The standard InChI is InChI=1S/C10H20N2O/c1-5-7-9(8-12(3)4)11-10(13)6-2/h6,9H,2,5,7-8H2,1,3-4H3,(H,11,13). The Morgan fingerprint density at radius 2 is 2.23 bits per heavy atom. The van der Waals surface area contributed by atoms with E-state index in [-0.39, 0.29) is 11.9 Å². The van der Waals surface area contributed by atoms with E-state index >= 15 is 0 Å². The molecule has 0 aliphatic rings. The van der Waals surface area contributed by atoms with Crippen molar-refractivity contribution in [2.75, 3.05) is 20.6 Å². The van der Waals surface area contributed by atoms with E-state index in [0.29, 0.717) is 0 Å². The Hall–Kier alpha value is -0.830. The number of nitrogens with one attached hydrogen (secondary N) is 1. The fourth-order valence-corrected chi connectivity index (χ4v) is 1.26. The number of hydrogen-bond donors (Lipinski definition) is 1. The average Bonchev–Trinajstić information content (AvgIpc) is 2.03. The molecule has 0 rings (SSSR count). The number of amides is 1. The molecule has 0 radical (unpaired) electrons. The van der Waals surface area contributed by atoms with Crippen LogP contribution in [0.4, 0.5) is 0 Å². The summed E-state index contributed by atoms with van der Waals surface area (Å²) in [6, 6.07) is 0.241. The summed E-state index contributed by atoms with van der Waals surface area (Å²) in [6.07, 6.45) is 3.41. The highest BCUT2D eigenvalue weighted by molar-refractivity contribution is 5.87. The zero-order chi connectivity index (χ0) is 10.3. The van der Waals surface area contributed by atoms with Crippen LogP contribution in [0, 0.1) is 0 Å². The Balaban J connectivity index is 3.92. The van der Waals surface area contributed by atoms with Gasteiger partial charge in [-0.3, -0.25) is 4.79 Å². The Morgan fingerprint density at radius 1 is 1.62 bits per heavy atom. The predicted molar refractivity (Wildman–Crippen MR) is 55.6 cm³/mol. The van der Waals surface area contributed by atoms with Crippen molar-refractivity contribution in [3.63, 3.8) is 0 Å². The fraction of sp³-hybridized carbons (Fsp3) is 0.700. The molecule has 0 aliphatic carbocycles. The summed E-state index contributed by atoms with van der Waals surface area (Å²) < 4.78 is 0. The second-order valence-corrected chi connectivity index (χ2v) is 3.46. The van der Waals surface area contributed by atoms with Gasteiger partial charge in [-0.2, -0.15) is 0 Å². The maximum Gasteiger partial charge on any atom is 0.243 e. The molecule has 13 heavy (non-hydrogen) atoms. The number of carbonyl (C=O) groups excluding carboxylic acids is 1. The molecule has 1 N–H and O–H groups in total. The van der Waals surface area contributed by atoms with Gasteiger partial charge in [-0.1, -0.05) is 19.9 Å². The molecule has 0 fully saturated rings. The minimum absolute atomic E-state index is 0.0831. The minimum atomic E-state index is -0.0831. The van der Waals surface area contributed by atoms with Gasteiger partial charge in [-0.15, -0.1) is 0 Å². The van der Waals surface area contributed by atoms with Crippen LogP contribution in [0.15, 0.2) is 12.7 Å². The van der Waals surface area contributed by atoms with Crippen LogP contribution in [0.2, 0.25) is 0 Å². The van der Waals surface area contributed by atoms with E-state index in [0.717, 1.165) is 19.4 Å². The summed E-state index contributed by atoms with van der Waals surface area (Å²) in [6.45, 7) is 6.42. The number of nitrogens with zero attached hydrogens (tertiary/aromatic N) is 1. The largest absolute Gasteiger partial charge is 0.349 e. The van der Waals surface area contributed by atoms with E-state index in [4.69, 9.17) is 0 Å². The predicted octanol–water partition coefficient (Wildman–Crippen LogP) is 1.02. The number of likely N-dealkylation sites (N-methyl/N-ethyl adjacent to an activating group) is 1. The van der Waals surface area contributed by atoms with Crippen LogP contribution in [-0.4, -0.2) is 37.5 Å². The molecule has 0 bridgehead atoms. The molecule has 76 valence electrons. The van der Waals surface area contributed by atoms with Crippen molar-refractivity contribution in [3.8, 4) is 0 Å². The highest BCUT2D eigenvalue weighted by atomic mass is 16.1. The van der Waals surface area contributed by atoms with Crippen LogP contribution >= 0.6 is 0 Å². The van der Waals surface area contributed by atoms with Crippen molar-refractivity contribution in [2.45, 2.75) is 25.8 Å². The Kier molecular flexibility index (Phi) is 6.24. The lowest BCUT2D eigenvalue weighted by molar-refractivity contribution is -0.117. The van der Waals surface area contributed by atoms with E-state index in [1.165, 1.54) is 6.08 Å². The third kappa shape index (κ3) is 6.34. The van der Waals surface area contributed by atoms with Crippen molar-refractivity contribution >= 4 is 5.91 Å². The molecule has 0 aliphatic heterocycles. The minimum Gasteiger partial charge on any atom is -0.349 e. The third-order valence-corrected chi connectivity index (χ3v) is 1.75. The molecule has 1 amide bonds. The van der Waals surface area contributed by atoms with Gasteiger partial charge in [0.25, 0.3) is 0 Å². The zero-order valence-corrected chi connectivity index (χ0v) is 8.84. The molecule has 1 unspecified atom stereocenters. The second-order valence-electron chi connectivity index (χ2n) is 3.46. The molecule has 3 nitrogen and oxygen atoms in total. The number of carbonyl (C=O) groups is 1. The van der Waals surface area contributed by atoms with Gasteiger partial charge in [0.15, 0.2) is 0 Å². The summed E-state index contributed by atoms with van der Waals surface area (Å²) in [5.41, 5.74) is 0. The SMILES string of the molecule is C=CC(=O)NC(CCC)CN(C)C. The summed E-state index contributed by atoms with van der Waals surface area (Å²) in [5.74, 6) is -0.0831. The monoisotopic (exact) mass is 184 g/mol. The molecule has 0 aromatic rings. The Morgan fingerprint density at radius 3 is 2.62 bits per heavy atom. The third-order valence-electron chi connectivity index (χ3n) is 1.75. The summed E-state index contributed by atoms with van der Waals surface area (Å²) in [5, 5.41) is 2.90. The smallest absolute Gasteiger partial charge is 0.243 e. The topological polar surface area (TPSA) is 32.3 Å². The van der Waals surface area contributed by atoms with Crippen LogP contribution in [-0.2, 0) is 4.79 Å². The van der Waals surface area contributed by atoms with Crippen LogP contribution in [0.25, 0.3) is 0 Å². The van der Waals surface area contributed by atoms with Crippen LogP contribution in [0.1, 0.15) is 19.8 Å².